The maximum atomic E-state index is 13.0. The second-order valence-corrected chi connectivity index (χ2v) is 6.36. The van der Waals surface area contributed by atoms with Crippen LogP contribution in [0.25, 0.3) is 5.65 Å². The van der Waals surface area contributed by atoms with Gasteiger partial charge in [0.1, 0.15) is 22.7 Å². The molecule has 3 aromatic rings. The Kier molecular flexibility index (Phi) is 3.63. The molecule has 0 saturated carbocycles. The fourth-order valence-electron chi connectivity index (χ4n) is 3.44. The van der Waals surface area contributed by atoms with Gasteiger partial charge in [-0.1, -0.05) is 11.2 Å². The molecule has 3 aromatic heterocycles. The van der Waals surface area contributed by atoms with E-state index in [1.807, 2.05) is 32.0 Å². The van der Waals surface area contributed by atoms with E-state index in [2.05, 4.69) is 10.1 Å². The first-order chi connectivity index (χ1) is 12.1. The second-order valence-electron chi connectivity index (χ2n) is 6.36. The van der Waals surface area contributed by atoms with Gasteiger partial charge in [0, 0.05) is 24.5 Å². The van der Waals surface area contributed by atoms with Crippen LogP contribution in [0.5, 0.6) is 0 Å². The minimum atomic E-state index is -0.338. The molecule has 128 valence electrons. The molecule has 0 aromatic carbocycles. The van der Waals surface area contributed by atoms with Crippen molar-refractivity contribution in [2.45, 2.75) is 32.7 Å². The number of fused-ring (bicyclic) bond motifs is 1. The number of rotatable bonds is 2. The van der Waals surface area contributed by atoms with Gasteiger partial charge in [-0.15, -0.1) is 0 Å². The van der Waals surface area contributed by atoms with Gasteiger partial charge in [-0.3, -0.25) is 14.0 Å². The smallest absolute Gasteiger partial charge is 0.270 e. The molecule has 7 nitrogen and oxygen atoms in total. The van der Waals surface area contributed by atoms with Gasteiger partial charge in [0.05, 0.1) is 6.04 Å². The van der Waals surface area contributed by atoms with Crippen LogP contribution in [0.2, 0.25) is 0 Å². The zero-order chi connectivity index (χ0) is 17.6. The van der Waals surface area contributed by atoms with Gasteiger partial charge in [0.15, 0.2) is 0 Å². The summed E-state index contributed by atoms with van der Waals surface area (Å²) >= 11 is 0. The van der Waals surface area contributed by atoms with Crippen molar-refractivity contribution in [1.82, 2.24) is 19.4 Å². The summed E-state index contributed by atoms with van der Waals surface area (Å²) in [5.74, 6) is 0.399. The topological polar surface area (TPSA) is 80.7 Å². The van der Waals surface area contributed by atoms with Crippen molar-refractivity contribution in [1.29, 1.82) is 0 Å². The summed E-state index contributed by atoms with van der Waals surface area (Å²) in [4.78, 5) is 31.8. The molecule has 1 atom stereocenters. The molecule has 1 fully saturated rings. The Morgan fingerprint density at radius 3 is 2.92 bits per heavy atom. The van der Waals surface area contributed by atoms with Gasteiger partial charge in [0.25, 0.3) is 11.5 Å². The zero-order valence-electron chi connectivity index (χ0n) is 14.1. The van der Waals surface area contributed by atoms with Crippen molar-refractivity contribution in [2.24, 2.45) is 0 Å². The first-order valence-corrected chi connectivity index (χ1v) is 8.28. The molecule has 0 spiro atoms. The molecule has 4 heterocycles. The first-order valence-electron chi connectivity index (χ1n) is 8.28. The highest BCUT2D eigenvalue weighted by Gasteiger charge is 2.34. The van der Waals surface area contributed by atoms with Crippen molar-refractivity contribution in [3.05, 3.63) is 63.5 Å². The van der Waals surface area contributed by atoms with Gasteiger partial charge in [-0.2, -0.15) is 0 Å². The second kappa shape index (κ2) is 5.84. The highest BCUT2D eigenvalue weighted by Crippen LogP contribution is 2.32. The van der Waals surface area contributed by atoms with Crippen LogP contribution in [0.4, 0.5) is 0 Å². The standard InChI is InChI=1S/C18H18N4O3/c1-11-5-3-7-16-19-10-13(18(24)22(11)16)17(23)21-8-4-6-15(21)14-9-12(2)25-20-14/h3,5,7,9-10,15H,4,6,8H2,1-2H3/t15-/m1/s1. The number of aromatic nitrogens is 3. The molecule has 1 aliphatic rings. The third kappa shape index (κ3) is 2.52. The monoisotopic (exact) mass is 338 g/mol. The average molecular weight is 338 g/mol. The van der Waals surface area contributed by atoms with E-state index in [0.717, 1.165) is 24.2 Å². The van der Waals surface area contributed by atoms with Crippen LogP contribution < -0.4 is 5.56 Å². The number of amides is 1. The molecule has 0 unspecified atom stereocenters. The lowest BCUT2D eigenvalue weighted by molar-refractivity contribution is 0.0728. The lowest BCUT2D eigenvalue weighted by Gasteiger charge is -2.22. The minimum Gasteiger partial charge on any atom is -0.361 e. The van der Waals surface area contributed by atoms with E-state index >= 15 is 0 Å². The number of hydrogen-bond donors (Lipinski definition) is 0. The van der Waals surface area contributed by atoms with E-state index in [4.69, 9.17) is 4.52 Å². The predicted octanol–water partition coefficient (Wildman–Crippen LogP) is 2.28. The highest BCUT2D eigenvalue weighted by molar-refractivity contribution is 5.94. The van der Waals surface area contributed by atoms with E-state index in [-0.39, 0.29) is 23.1 Å². The molecule has 0 aliphatic carbocycles. The summed E-state index contributed by atoms with van der Waals surface area (Å²) in [6.45, 7) is 4.23. The third-order valence-electron chi connectivity index (χ3n) is 4.66. The fourth-order valence-corrected chi connectivity index (χ4v) is 3.44. The van der Waals surface area contributed by atoms with Crippen LogP contribution in [0.1, 0.15) is 46.4 Å². The highest BCUT2D eigenvalue weighted by atomic mass is 16.5. The van der Waals surface area contributed by atoms with Crippen molar-refractivity contribution < 1.29 is 9.32 Å². The van der Waals surface area contributed by atoms with E-state index in [1.54, 1.807) is 11.0 Å². The Labute approximate surface area is 143 Å². The molecule has 1 amide bonds. The Hall–Kier alpha value is -2.96. The van der Waals surface area contributed by atoms with Crippen molar-refractivity contribution in [2.75, 3.05) is 6.54 Å². The molecule has 4 rings (SSSR count). The van der Waals surface area contributed by atoms with Crippen LogP contribution in [-0.2, 0) is 0 Å². The largest absolute Gasteiger partial charge is 0.361 e. The predicted molar refractivity (Wildman–Crippen MR) is 90.5 cm³/mol. The van der Waals surface area contributed by atoms with Gasteiger partial charge in [0.2, 0.25) is 0 Å². The lowest BCUT2D eigenvalue weighted by atomic mass is 10.1. The number of likely N-dealkylation sites (tertiary alicyclic amines) is 1. The quantitative estimate of drug-likeness (QED) is 0.716. The van der Waals surface area contributed by atoms with Gasteiger partial charge < -0.3 is 9.42 Å². The van der Waals surface area contributed by atoms with Crippen molar-refractivity contribution in [3.8, 4) is 0 Å². The van der Waals surface area contributed by atoms with Crippen LogP contribution >= 0.6 is 0 Å². The number of pyridine rings is 1. The van der Waals surface area contributed by atoms with E-state index in [0.29, 0.717) is 18.0 Å². The van der Waals surface area contributed by atoms with Gasteiger partial charge >= 0.3 is 0 Å². The summed E-state index contributed by atoms with van der Waals surface area (Å²) in [6, 6.07) is 7.08. The van der Waals surface area contributed by atoms with E-state index in [9.17, 15) is 9.59 Å². The van der Waals surface area contributed by atoms with Crippen molar-refractivity contribution >= 4 is 11.6 Å². The van der Waals surface area contributed by atoms with Crippen LogP contribution in [0.15, 0.2) is 39.8 Å². The number of aryl methyl sites for hydroxylation is 2. The zero-order valence-corrected chi connectivity index (χ0v) is 14.1. The van der Waals surface area contributed by atoms with Crippen LogP contribution in [-0.4, -0.2) is 31.9 Å². The average Bonchev–Trinajstić information content (AvgIpc) is 3.23. The van der Waals surface area contributed by atoms with Gasteiger partial charge in [-0.05, 0) is 38.8 Å². The molecule has 7 heteroatoms. The molecule has 0 bridgehead atoms. The van der Waals surface area contributed by atoms with Gasteiger partial charge in [-0.25, -0.2) is 4.98 Å². The molecular formula is C18H18N4O3. The van der Waals surface area contributed by atoms with Crippen molar-refractivity contribution in [3.63, 3.8) is 0 Å². The fraction of sp³-hybridized carbons (Fsp3) is 0.333. The SMILES string of the molecule is Cc1cc([C@H]2CCCN2C(=O)c2cnc3cccc(C)n3c2=O)no1. The third-order valence-corrected chi connectivity index (χ3v) is 4.66. The first kappa shape index (κ1) is 15.6. The molecule has 0 N–H and O–H groups in total. The van der Waals surface area contributed by atoms with E-state index in [1.165, 1.54) is 10.6 Å². The lowest BCUT2D eigenvalue weighted by Crippen LogP contribution is -2.36. The molecule has 0 radical (unpaired) electrons. The Morgan fingerprint density at radius 1 is 1.32 bits per heavy atom. The number of carbonyl (C=O) groups is 1. The molecule has 1 aliphatic heterocycles. The summed E-state index contributed by atoms with van der Waals surface area (Å²) in [6.07, 6.45) is 3.05. The maximum Gasteiger partial charge on any atom is 0.270 e. The number of hydrogen-bond acceptors (Lipinski definition) is 5. The normalized spacial score (nSPS) is 17.4. The summed E-state index contributed by atoms with van der Waals surface area (Å²) in [7, 11) is 0. The minimum absolute atomic E-state index is 0.0823. The molecular weight excluding hydrogens is 320 g/mol. The summed E-state index contributed by atoms with van der Waals surface area (Å²) in [5, 5.41) is 4.04. The Morgan fingerprint density at radius 2 is 2.16 bits per heavy atom. The molecule has 1 saturated heterocycles. The Balaban J connectivity index is 1.76. The Bertz CT molecular complexity index is 1020. The van der Waals surface area contributed by atoms with E-state index < -0.39 is 0 Å². The summed E-state index contributed by atoms with van der Waals surface area (Å²) < 4.78 is 6.61. The number of carbonyl (C=O) groups excluding carboxylic acids is 1. The summed E-state index contributed by atoms with van der Waals surface area (Å²) in [5.41, 5.74) is 1.75. The van der Waals surface area contributed by atoms with Crippen LogP contribution in [0, 0.1) is 13.8 Å². The molecule has 25 heavy (non-hydrogen) atoms. The van der Waals surface area contributed by atoms with Crippen LogP contribution in [0.3, 0.4) is 0 Å². The maximum absolute atomic E-state index is 13.0. The number of nitrogens with zero attached hydrogens (tertiary/aromatic N) is 4.